The van der Waals surface area contributed by atoms with Gasteiger partial charge in [-0.1, -0.05) is 11.3 Å². The molecule has 1 N–H and O–H groups in total. The molecule has 2 aliphatic heterocycles. The summed E-state index contributed by atoms with van der Waals surface area (Å²) in [6.45, 7) is 4.41. The van der Waals surface area contributed by atoms with E-state index in [4.69, 9.17) is 0 Å². The van der Waals surface area contributed by atoms with Gasteiger partial charge in [0.1, 0.15) is 0 Å². The summed E-state index contributed by atoms with van der Waals surface area (Å²) in [5.74, 6) is -0.112. The standard InChI is InChI=1S/C20H28N4O4S2/c1-22-17-5-4-16(14-18(17)29-20(22)26)30(27,28)24-11-6-15(7-12-24)19(25)21-8-13-23-9-2-3-10-23/h4-5,14-15H,2-3,6-13H2,1H3,(H,21,25). The molecule has 8 nitrogen and oxygen atoms in total. The van der Waals surface area contributed by atoms with Crippen LogP contribution in [-0.2, 0) is 21.9 Å². The highest BCUT2D eigenvalue weighted by molar-refractivity contribution is 7.89. The molecule has 0 spiro atoms. The van der Waals surface area contributed by atoms with Gasteiger partial charge in [0, 0.05) is 39.1 Å². The molecule has 10 heteroatoms. The molecule has 30 heavy (non-hydrogen) atoms. The fourth-order valence-corrected chi connectivity index (χ4v) is 6.76. The molecular formula is C20H28N4O4S2. The number of amides is 1. The second-order valence-corrected chi connectivity index (χ2v) is 11.0. The van der Waals surface area contributed by atoms with Gasteiger partial charge in [0.25, 0.3) is 0 Å². The van der Waals surface area contributed by atoms with E-state index in [0.29, 0.717) is 37.2 Å². The fraction of sp³-hybridized carbons (Fsp3) is 0.600. The largest absolute Gasteiger partial charge is 0.355 e. The lowest BCUT2D eigenvalue weighted by Gasteiger charge is -2.30. The topological polar surface area (TPSA) is 91.7 Å². The van der Waals surface area contributed by atoms with Gasteiger partial charge in [-0.3, -0.25) is 9.59 Å². The van der Waals surface area contributed by atoms with Gasteiger partial charge in [0.05, 0.1) is 15.1 Å². The molecule has 1 amide bonds. The highest BCUT2D eigenvalue weighted by Gasteiger charge is 2.32. The van der Waals surface area contributed by atoms with Crippen molar-refractivity contribution in [3.63, 3.8) is 0 Å². The first-order valence-electron chi connectivity index (χ1n) is 10.5. The molecule has 0 atom stereocenters. The van der Waals surface area contributed by atoms with Crippen LogP contribution in [-0.4, -0.2) is 67.4 Å². The van der Waals surface area contributed by atoms with Crippen LogP contribution in [0.15, 0.2) is 27.9 Å². The lowest BCUT2D eigenvalue weighted by molar-refractivity contribution is -0.126. The first-order chi connectivity index (χ1) is 14.4. The van der Waals surface area contributed by atoms with Crippen LogP contribution in [0.25, 0.3) is 10.2 Å². The number of thiazole rings is 1. The van der Waals surface area contributed by atoms with Crippen molar-refractivity contribution in [1.29, 1.82) is 0 Å². The quantitative estimate of drug-likeness (QED) is 0.711. The van der Waals surface area contributed by atoms with Crippen molar-refractivity contribution in [3.8, 4) is 0 Å². The van der Waals surface area contributed by atoms with E-state index in [0.717, 1.165) is 36.5 Å². The third-order valence-electron chi connectivity index (χ3n) is 6.15. The van der Waals surface area contributed by atoms with Crippen molar-refractivity contribution in [1.82, 2.24) is 19.1 Å². The summed E-state index contributed by atoms with van der Waals surface area (Å²) in [4.78, 5) is 26.7. The lowest BCUT2D eigenvalue weighted by atomic mass is 9.97. The molecule has 1 aromatic heterocycles. The smallest absolute Gasteiger partial charge is 0.307 e. The van der Waals surface area contributed by atoms with Crippen LogP contribution in [0.1, 0.15) is 25.7 Å². The number of hydrogen-bond donors (Lipinski definition) is 1. The zero-order valence-corrected chi connectivity index (χ0v) is 18.8. The average molecular weight is 453 g/mol. The van der Waals surface area contributed by atoms with Crippen LogP contribution in [0.2, 0.25) is 0 Å². The predicted octanol–water partition coefficient (Wildman–Crippen LogP) is 1.21. The van der Waals surface area contributed by atoms with Crippen molar-refractivity contribution in [2.75, 3.05) is 39.3 Å². The molecule has 0 saturated carbocycles. The number of piperidine rings is 1. The Kier molecular flexibility index (Phi) is 6.29. The minimum absolute atomic E-state index is 0.0294. The summed E-state index contributed by atoms with van der Waals surface area (Å²) < 4.78 is 29.7. The Labute approximate surface area is 180 Å². The molecule has 2 aliphatic rings. The number of sulfonamides is 1. The number of rotatable bonds is 6. The number of aryl methyl sites for hydroxylation is 1. The van der Waals surface area contributed by atoms with Crippen molar-refractivity contribution >= 4 is 37.5 Å². The van der Waals surface area contributed by atoms with E-state index in [1.807, 2.05) is 0 Å². The maximum absolute atomic E-state index is 13.1. The average Bonchev–Trinajstić information content (AvgIpc) is 3.36. The van der Waals surface area contributed by atoms with Gasteiger partial charge in [-0.25, -0.2) is 8.42 Å². The molecule has 0 radical (unpaired) electrons. The van der Waals surface area contributed by atoms with E-state index in [1.165, 1.54) is 21.7 Å². The van der Waals surface area contributed by atoms with Crippen molar-refractivity contribution in [2.45, 2.75) is 30.6 Å². The second-order valence-electron chi connectivity index (χ2n) is 8.07. The SMILES string of the molecule is Cn1c(=O)sc2cc(S(=O)(=O)N3CCC(C(=O)NCCN4CCCC4)CC3)ccc21. The summed E-state index contributed by atoms with van der Waals surface area (Å²) in [5.41, 5.74) is 0.730. The van der Waals surface area contributed by atoms with E-state index in [-0.39, 0.29) is 21.6 Å². The van der Waals surface area contributed by atoms with E-state index >= 15 is 0 Å². The van der Waals surface area contributed by atoms with Gasteiger partial charge >= 0.3 is 4.87 Å². The van der Waals surface area contributed by atoms with E-state index in [9.17, 15) is 18.0 Å². The normalized spacial score (nSPS) is 19.5. The monoisotopic (exact) mass is 452 g/mol. The fourth-order valence-electron chi connectivity index (χ4n) is 4.27. The lowest BCUT2D eigenvalue weighted by Crippen LogP contribution is -2.44. The van der Waals surface area contributed by atoms with Crippen LogP contribution in [0.4, 0.5) is 0 Å². The molecule has 3 heterocycles. The number of carbonyl (C=O) groups excluding carboxylic acids is 1. The molecule has 2 saturated heterocycles. The minimum atomic E-state index is -3.64. The number of hydrogen-bond acceptors (Lipinski definition) is 6. The minimum Gasteiger partial charge on any atom is -0.355 e. The van der Waals surface area contributed by atoms with Crippen molar-refractivity contribution in [3.05, 3.63) is 27.9 Å². The summed E-state index contributed by atoms with van der Waals surface area (Å²) >= 11 is 1.04. The summed E-state index contributed by atoms with van der Waals surface area (Å²) in [5, 5.41) is 3.01. The highest BCUT2D eigenvalue weighted by Crippen LogP contribution is 2.27. The first-order valence-corrected chi connectivity index (χ1v) is 12.7. The Hall–Kier alpha value is -1.75. The molecular weight excluding hydrogens is 424 g/mol. The predicted molar refractivity (Wildman–Crippen MR) is 117 cm³/mol. The van der Waals surface area contributed by atoms with Crippen LogP contribution >= 0.6 is 11.3 Å². The molecule has 0 bridgehead atoms. The summed E-state index contributed by atoms with van der Waals surface area (Å²) in [7, 11) is -1.97. The Balaban J connectivity index is 1.34. The van der Waals surface area contributed by atoms with E-state index in [2.05, 4.69) is 10.2 Å². The number of aromatic nitrogens is 1. The number of likely N-dealkylation sites (tertiary alicyclic amines) is 1. The van der Waals surface area contributed by atoms with E-state index in [1.54, 1.807) is 25.2 Å². The highest BCUT2D eigenvalue weighted by atomic mass is 32.2. The molecule has 164 valence electrons. The third-order valence-corrected chi connectivity index (χ3v) is 9.04. The molecule has 4 rings (SSSR count). The van der Waals surface area contributed by atoms with Crippen LogP contribution in [0.3, 0.4) is 0 Å². The van der Waals surface area contributed by atoms with Gasteiger partial charge in [0.15, 0.2) is 0 Å². The maximum Gasteiger partial charge on any atom is 0.307 e. The third kappa shape index (κ3) is 4.32. The van der Waals surface area contributed by atoms with Crippen LogP contribution < -0.4 is 10.2 Å². The number of nitrogens with zero attached hydrogens (tertiary/aromatic N) is 3. The Morgan fingerprint density at radius 3 is 2.57 bits per heavy atom. The molecule has 2 fully saturated rings. The number of nitrogens with one attached hydrogen (secondary N) is 1. The zero-order valence-electron chi connectivity index (χ0n) is 17.2. The van der Waals surface area contributed by atoms with Crippen molar-refractivity contribution in [2.24, 2.45) is 13.0 Å². The number of fused-ring (bicyclic) bond motifs is 1. The Morgan fingerprint density at radius 1 is 1.17 bits per heavy atom. The van der Waals surface area contributed by atoms with Gasteiger partial charge in [-0.2, -0.15) is 4.31 Å². The van der Waals surface area contributed by atoms with Crippen molar-refractivity contribution < 1.29 is 13.2 Å². The summed E-state index contributed by atoms with van der Waals surface area (Å²) in [6, 6.07) is 4.82. The van der Waals surface area contributed by atoms with Crippen LogP contribution in [0, 0.1) is 5.92 Å². The Morgan fingerprint density at radius 2 is 1.87 bits per heavy atom. The zero-order chi connectivity index (χ0) is 21.3. The maximum atomic E-state index is 13.1. The van der Waals surface area contributed by atoms with Gasteiger partial charge in [0.2, 0.25) is 15.9 Å². The first kappa shape index (κ1) is 21.5. The number of benzene rings is 1. The molecule has 2 aromatic rings. The van der Waals surface area contributed by atoms with Gasteiger partial charge in [-0.15, -0.1) is 0 Å². The van der Waals surface area contributed by atoms with Gasteiger partial charge in [-0.05, 0) is 57.0 Å². The van der Waals surface area contributed by atoms with Gasteiger partial charge < -0.3 is 14.8 Å². The molecule has 0 unspecified atom stereocenters. The van der Waals surface area contributed by atoms with E-state index < -0.39 is 10.0 Å². The molecule has 0 aliphatic carbocycles. The molecule has 1 aromatic carbocycles. The van der Waals surface area contributed by atoms with Crippen LogP contribution in [0.5, 0.6) is 0 Å². The Bertz CT molecular complexity index is 1080. The summed E-state index contributed by atoms with van der Waals surface area (Å²) in [6.07, 6.45) is 3.51. The number of carbonyl (C=O) groups is 1. The second kappa shape index (κ2) is 8.78.